The molecule has 0 unspecified atom stereocenters. The highest BCUT2D eigenvalue weighted by Crippen LogP contribution is 2.38. The minimum absolute atomic E-state index is 0.107. The lowest BCUT2D eigenvalue weighted by molar-refractivity contribution is -0.112. The number of amides is 1. The largest absolute Gasteiger partial charge is 0.494 e. The lowest BCUT2D eigenvalue weighted by atomic mass is 10.1. The van der Waals surface area contributed by atoms with E-state index in [1.165, 1.54) is 13.2 Å². The number of halogens is 2. The average molecular weight is 497 g/mol. The van der Waals surface area contributed by atoms with E-state index in [2.05, 4.69) is 5.32 Å². The normalized spacial score (nSPS) is 10.9. The minimum atomic E-state index is -0.565. The van der Waals surface area contributed by atoms with Crippen molar-refractivity contribution in [3.63, 3.8) is 0 Å². The van der Waals surface area contributed by atoms with Crippen molar-refractivity contribution in [3.8, 4) is 23.3 Å². The van der Waals surface area contributed by atoms with Crippen LogP contribution in [0.1, 0.15) is 18.1 Å². The molecule has 0 aromatic heterocycles. The van der Waals surface area contributed by atoms with Crippen LogP contribution in [-0.4, -0.2) is 19.6 Å². The molecule has 0 spiro atoms. The van der Waals surface area contributed by atoms with Crippen LogP contribution in [0.15, 0.2) is 66.2 Å². The molecule has 3 aromatic carbocycles. The SMILES string of the molecule is CCOc1cccc(NC(=O)/C(C#N)=C\c2cc(Cl)c(OCc3ccccc3Cl)c(OC)c2)c1. The van der Waals surface area contributed by atoms with E-state index in [0.29, 0.717) is 40.1 Å². The molecular weight excluding hydrogens is 475 g/mol. The number of nitrogens with one attached hydrogen (secondary N) is 1. The summed E-state index contributed by atoms with van der Waals surface area (Å²) < 4.78 is 16.7. The summed E-state index contributed by atoms with van der Waals surface area (Å²) in [6.07, 6.45) is 1.42. The van der Waals surface area contributed by atoms with Crippen molar-refractivity contribution >= 4 is 40.9 Å². The molecular formula is C26H22Cl2N2O4. The number of ether oxygens (including phenoxy) is 3. The Bertz CT molecular complexity index is 1250. The number of nitrogens with zero attached hydrogens (tertiary/aromatic N) is 1. The van der Waals surface area contributed by atoms with Crippen LogP contribution >= 0.6 is 23.2 Å². The molecule has 174 valence electrons. The van der Waals surface area contributed by atoms with Gasteiger partial charge in [0.2, 0.25) is 0 Å². The van der Waals surface area contributed by atoms with Gasteiger partial charge in [-0.1, -0.05) is 47.5 Å². The van der Waals surface area contributed by atoms with E-state index >= 15 is 0 Å². The molecule has 1 N–H and O–H groups in total. The van der Waals surface area contributed by atoms with E-state index in [1.807, 2.05) is 31.2 Å². The van der Waals surface area contributed by atoms with E-state index in [4.69, 9.17) is 37.4 Å². The predicted octanol–water partition coefficient (Wildman–Crippen LogP) is 6.53. The third-order valence-corrected chi connectivity index (χ3v) is 5.31. The highest BCUT2D eigenvalue weighted by Gasteiger charge is 2.15. The molecule has 34 heavy (non-hydrogen) atoms. The molecule has 0 aliphatic rings. The first-order valence-electron chi connectivity index (χ1n) is 10.3. The Morgan fingerprint density at radius 1 is 1.06 bits per heavy atom. The topological polar surface area (TPSA) is 80.6 Å². The fraction of sp³-hybridized carbons (Fsp3) is 0.154. The average Bonchev–Trinajstić information content (AvgIpc) is 2.83. The first-order chi connectivity index (χ1) is 16.4. The van der Waals surface area contributed by atoms with E-state index in [1.54, 1.807) is 42.5 Å². The molecule has 1 amide bonds. The van der Waals surface area contributed by atoms with Crippen molar-refractivity contribution in [3.05, 3.63) is 87.4 Å². The molecule has 3 aromatic rings. The third kappa shape index (κ3) is 6.44. The Hall–Kier alpha value is -3.66. The van der Waals surface area contributed by atoms with Gasteiger partial charge in [-0.05, 0) is 48.9 Å². The lowest BCUT2D eigenvalue weighted by Gasteiger charge is -2.14. The van der Waals surface area contributed by atoms with Gasteiger partial charge in [-0.2, -0.15) is 5.26 Å². The molecule has 0 atom stereocenters. The number of carbonyl (C=O) groups excluding carboxylic acids is 1. The highest BCUT2D eigenvalue weighted by atomic mass is 35.5. The summed E-state index contributed by atoms with van der Waals surface area (Å²) in [4.78, 5) is 12.7. The van der Waals surface area contributed by atoms with Crippen LogP contribution in [0.4, 0.5) is 5.69 Å². The molecule has 3 rings (SSSR count). The smallest absolute Gasteiger partial charge is 0.266 e. The zero-order chi connectivity index (χ0) is 24.5. The Morgan fingerprint density at radius 3 is 2.56 bits per heavy atom. The molecule has 0 bridgehead atoms. The van der Waals surface area contributed by atoms with Crippen molar-refractivity contribution in [1.82, 2.24) is 0 Å². The number of hydrogen-bond acceptors (Lipinski definition) is 5. The predicted molar refractivity (Wildman–Crippen MR) is 134 cm³/mol. The number of anilines is 1. The summed E-state index contributed by atoms with van der Waals surface area (Å²) in [6.45, 7) is 2.56. The van der Waals surface area contributed by atoms with E-state index < -0.39 is 5.91 Å². The fourth-order valence-corrected chi connectivity index (χ4v) is 3.54. The van der Waals surface area contributed by atoms with Gasteiger partial charge in [0.05, 0.1) is 18.7 Å². The molecule has 0 aliphatic carbocycles. The van der Waals surface area contributed by atoms with Crippen molar-refractivity contribution in [1.29, 1.82) is 5.26 Å². The number of nitriles is 1. The van der Waals surface area contributed by atoms with Gasteiger partial charge < -0.3 is 19.5 Å². The second-order valence-corrected chi connectivity index (χ2v) is 7.81. The zero-order valence-electron chi connectivity index (χ0n) is 18.6. The standard InChI is InChI=1S/C26H22Cl2N2O4/c1-3-33-21-9-6-8-20(14-21)30-26(31)19(15-29)11-17-12-23(28)25(24(13-17)32-2)34-16-18-7-4-5-10-22(18)27/h4-14H,3,16H2,1-2H3,(H,30,31)/b19-11-. The Morgan fingerprint density at radius 2 is 1.85 bits per heavy atom. The fourth-order valence-electron chi connectivity index (χ4n) is 3.07. The summed E-state index contributed by atoms with van der Waals surface area (Å²) in [5.74, 6) is 0.738. The molecule has 0 heterocycles. The van der Waals surface area contributed by atoms with Gasteiger partial charge in [-0.3, -0.25) is 4.79 Å². The quantitative estimate of drug-likeness (QED) is 0.269. The van der Waals surface area contributed by atoms with Crippen LogP contribution < -0.4 is 19.5 Å². The summed E-state index contributed by atoms with van der Waals surface area (Å²) in [5.41, 5.74) is 1.70. The van der Waals surface area contributed by atoms with Gasteiger partial charge in [0, 0.05) is 22.3 Å². The van der Waals surface area contributed by atoms with Gasteiger partial charge in [0.15, 0.2) is 11.5 Å². The van der Waals surface area contributed by atoms with E-state index in [-0.39, 0.29) is 17.2 Å². The van der Waals surface area contributed by atoms with Crippen molar-refractivity contribution in [2.75, 3.05) is 19.0 Å². The maximum Gasteiger partial charge on any atom is 0.266 e. The van der Waals surface area contributed by atoms with Gasteiger partial charge >= 0.3 is 0 Å². The van der Waals surface area contributed by atoms with Crippen LogP contribution in [0.5, 0.6) is 17.2 Å². The van der Waals surface area contributed by atoms with E-state index in [0.717, 1.165) is 5.56 Å². The number of rotatable bonds is 9. The van der Waals surface area contributed by atoms with Gasteiger partial charge in [-0.25, -0.2) is 0 Å². The summed E-state index contributed by atoms with van der Waals surface area (Å²) in [7, 11) is 1.48. The maximum atomic E-state index is 12.7. The van der Waals surface area contributed by atoms with Gasteiger partial charge in [-0.15, -0.1) is 0 Å². The van der Waals surface area contributed by atoms with Crippen molar-refractivity contribution in [2.45, 2.75) is 13.5 Å². The highest BCUT2D eigenvalue weighted by molar-refractivity contribution is 6.32. The third-order valence-electron chi connectivity index (χ3n) is 4.66. The number of benzene rings is 3. The van der Waals surface area contributed by atoms with E-state index in [9.17, 15) is 10.1 Å². The Balaban J connectivity index is 1.81. The summed E-state index contributed by atoms with van der Waals surface area (Å²) in [6, 6.07) is 19.4. The Labute approximate surface area is 208 Å². The van der Waals surface area contributed by atoms with Crippen molar-refractivity contribution in [2.24, 2.45) is 0 Å². The first kappa shape index (κ1) is 25.0. The molecule has 0 aliphatic heterocycles. The van der Waals surface area contributed by atoms with Crippen LogP contribution in [0.3, 0.4) is 0 Å². The van der Waals surface area contributed by atoms with Crippen LogP contribution in [0.2, 0.25) is 10.0 Å². The second-order valence-electron chi connectivity index (χ2n) is 7.00. The maximum absolute atomic E-state index is 12.7. The molecule has 0 fully saturated rings. The molecule has 0 saturated carbocycles. The monoisotopic (exact) mass is 496 g/mol. The number of hydrogen-bond donors (Lipinski definition) is 1. The molecule has 0 radical (unpaired) electrons. The van der Waals surface area contributed by atoms with Gasteiger partial charge in [0.1, 0.15) is 24.0 Å². The lowest BCUT2D eigenvalue weighted by Crippen LogP contribution is -2.13. The molecule has 0 saturated heterocycles. The minimum Gasteiger partial charge on any atom is -0.494 e. The van der Waals surface area contributed by atoms with Crippen LogP contribution in [0.25, 0.3) is 6.08 Å². The molecule has 6 nitrogen and oxygen atoms in total. The van der Waals surface area contributed by atoms with Gasteiger partial charge in [0.25, 0.3) is 5.91 Å². The molecule has 8 heteroatoms. The number of carbonyl (C=O) groups is 1. The Kier molecular flexibility index (Phi) is 8.80. The first-order valence-corrected chi connectivity index (χ1v) is 11.1. The van der Waals surface area contributed by atoms with Crippen LogP contribution in [0, 0.1) is 11.3 Å². The van der Waals surface area contributed by atoms with Crippen molar-refractivity contribution < 1.29 is 19.0 Å². The number of methoxy groups -OCH3 is 1. The summed E-state index contributed by atoms with van der Waals surface area (Å²) in [5, 5.41) is 13.1. The van der Waals surface area contributed by atoms with Crippen LogP contribution in [-0.2, 0) is 11.4 Å². The summed E-state index contributed by atoms with van der Waals surface area (Å²) >= 11 is 12.6. The zero-order valence-corrected chi connectivity index (χ0v) is 20.1. The second kappa shape index (κ2) is 12.0.